The number of rotatable bonds is 10. The molecule has 0 aliphatic rings. The van der Waals surface area contributed by atoms with Crippen LogP contribution in [0, 0.1) is 0 Å². The summed E-state index contributed by atoms with van der Waals surface area (Å²) in [6, 6.07) is 17.7. The lowest BCUT2D eigenvalue weighted by atomic mass is 10.0. The molecule has 0 bridgehead atoms. The second-order valence-electron chi connectivity index (χ2n) is 8.80. The van der Waals surface area contributed by atoms with Crippen molar-refractivity contribution in [2.45, 2.75) is 38.6 Å². The van der Waals surface area contributed by atoms with Gasteiger partial charge in [0.2, 0.25) is 5.88 Å². The monoisotopic (exact) mass is 495 g/mol. The summed E-state index contributed by atoms with van der Waals surface area (Å²) in [6.07, 6.45) is 8.24. The molecule has 0 fully saturated rings. The third-order valence-electron chi connectivity index (χ3n) is 6.45. The van der Waals surface area contributed by atoms with Gasteiger partial charge in [-0.15, -0.1) is 0 Å². The Morgan fingerprint density at radius 1 is 1.00 bits per heavy atom. The highest BCUT2D eigenvalue weighted by atomic mass is 16.5. The first-order valence-corrected chi connectivity index (χ1v) is 12.5. The van der Waals surface area contributed by atoms with Gasteiger partial charge in [-0.25, -0.2) is 15.0 Å². The van der Waals surface area contributed by atoms with E-state index in [0.717, 1.165) is 52.5 Å². The van der Waals surface area contributed by atoms with Gasteiger partial charge < -0.3 is 9.47 Å². The van der Waals surface area contributed by atoms with Crippen LogP contribution in [0.25, 0.3) is 21.9 Å². The third kappa shape index (κ3) is 5.43. The maximum Gasteiger partial charge on any atom is 0.308 e. The summed E-state index contributed by atoms with van der Waals surface area (Å²) in [5.41, 5.74) is 4.86. The molecule has 0 saturated carbocycles. The minimum atomic E-state index is -0.348. The maximum atomic E-state index is 12.5. The molecule has 1 aromatic carbocycles. The zero-order valence-corrected chi connectivity index (χ0v) is 21.0. The van der Waals surface area contributed by atoms with Crippen molar-refractivity contribution in [3.05, 3.63) is 90.0 Å². The van der Waals surface area contributed by atoms with E-state index < -0.39 is 0 Å². The van der Waals surface area contributed by atoms with Crippen LogP contribution in [0.1, 0.15) is 42.6 Å². The summed E-state index contributed by atoms with van der Waals surface area (Å²) in [5.74, 6) is 0.239. The second kappa shape index (κ2) is 11.2. The van der Waals surface area contributed by atoms with Crippen molar-refractivity contribution in [3.63, 3.8) is 0 Å². The lowest BCUT2D eigenvalue weighted by Crippen LogP contribution is -2.18. The molecule has 8 nitrogen and oxygen atoms in total. The minimum Gasteiger partial charge on any atom is -0.481 e. The molecule has 188 valence electrons. The average Bonchev–Trinajstić information content (AvgIpc) is 3.37. The van der Waals surface area contributed by atoms with Crippen LogP contribution >= 0.6 is 0 Å². The molecule has 1 atom stereocenters. The predicted molar refractivity (Wildman–Crippen MR) is 141 cm³/mol. The van der Waals surface area contributed by atoms with E-state index in [2.05, 4.69) is 28.2 Å². The summed E-state index contributed by atoms with van der Waals surface area (Å²) in [7, 11) is 1.58. The minimum absolute atomic E-state index is 0.157. The van der Waals surface area contributed by atoms with Gasteiger partial charge in [-0.05, 0) is 73.7 Å². The molecular weight excluding hydrogens is 466 g/mol. The van der Waals surface area contributed by atoms with Gasteiger partial charge in [0.25, 0.3) is 0 Å². The number of esters is 1. The van der Waals surface area contributed by atoms with E-state index in [4.69, 9.17) is 19.6 Å². The molecule has 0 N–H and O–H groups in total. The summed E-state index contributed by atoms with van der Waals surface area (Å²) in [4.78, 5) is 25.9. The van der Waals surface area contributed by atoms with E-state index in [9.17, 15) is 4.79 Å². The highest BCUT2D eigenvalue weighted by Gasteiger charge is 2.22. The van der Waals surface area contributed by atoms with Gasteiger partial charge in [-0.1, -0.05) is 12.1 Å². The Balaban J connectivity index is 1.38. The standard InChI is InChI=1S/C29H29N5O3/c1-3-37-28(35)17-26(22-13-15-27(36-2)31-18-22)34-25-11-5-8-20(24(25)19-32-34)7-4-10-23-14-12-21-9-6-16-30-29(21)33-23/h5-6,8-9,11-16,18-19,26H,3-4,7,10,17H2,1-2H3. The lowest BCUT2D eigenvalue weighted by Gasteiger charge is -2.18. The van der Waals surface area contributed by atoms with Crippen molar-refractivity contribution in [1.82, 2.24) is 24.7 Å². The van der Waals surface area contributed by atoms with Gasteiger partial charge >= 0.3 is 5.97 Å². The van der Waals surface area contributed by atoms with Crippen LogP contribution in [-0.4, -0.2) is 44.4 Å². The number of pyridine rings is 3. The van der Waals surface area contributed by atoms with Crippen molar-refractivity contribution in [2.75, 3.05) is 13.7 Å². The van der Waals surface area contributed by atoms with Crippen molar-refractivity contribution < 1.29 is 14.3 Å². The zero-order valence-electron chi connectivity index (χ0n) is 21.0. The summed E-state index contributed by atoms with van der Waals surface area (Å²) < 4.78 is 12.4. The normalized spacial score (nSPS) is 12.1. The van der Waals surface area contributed by atoms with Crippen molar-refractivity contribution >= 4 is 27.9 Å². The Labute approximate surface area is 215 Å². The van der Waals surface area contributed by atoms with Crippen molar-refractivity contribution in [1.29, 1.82) is 0 Å². The molecule has 0 aliphatic heterocycles. The fourth-order valence-corrected chi connectivity index (χ4v) is 4.62. The van der Waals surface area contributed by atoms with Crippen LogP contribution in [0.2, 0.25) is 0 Å². The van der Waals surface area contributed by atoms with Gasteiger partial charge in [0.05, 0.1) is 37.9 Å². The van der Waals surface area contributed by atoms with E-state index >= 15 is 0 Å². The van der Waals surface area contributed by atoms with Crippen LogP contribution in [0.5, 0.6) is 5.88 Å². The summed E-state index contributed by atoms with van der Waals surface area (Å²) >= 11 is 0. The summed E-state index contributed by atoms with van der Waals surface area (Å²) in [5, 5.41) is 6.84. The number of nitrogens with zero attached hydrogens (tertiary/aromatic N) is 5. The number of hydrogen-bond donors (Lipinski definition) is 0. The van der Waals surface area contributed by atoms with Gasteiger partial charge in [0.1, 0.15) is 0 Å². The van der Waals surface area contributed by atoms with Crippen molar-refractivity contribution in [3.8, 4) is 5.88 Å². The van der Waals surface area contributed by atoms with E-state index in [-0.39, 0.29) is 18.4 Å². The topological polar surface area (TPSA) is 92.0 Å². The average molecular weight is 496 g/mol. The molecule has 0 aliphatic carbocycles. The fraction of sp³-hybridized carbons (Fsp3) is 0.276. The molecule has 0 radical (unpaired) electrons. The number of fused-ring (bicyclic) bond motifs is 2. The number of carbonyl (C=O) groups excluding carboxylic acids is 1. The number of hydrogen-bond acceptors (Lipinski definition) is 7. The first-order chi connectivity index (χ1) is 18.2. The Morgan fingerprint density at radius 2 is 1.92 bits per heavy atom. The first kappa shape index (κ1) is 24.4. The lowest BCUT2D eigenvalue weighted by molar-refractivity contribution is -0.143. The van der Waals surface area contributed by atoms with Crippen LogP contribution in [0.15, 0.2) is 73.2 Å². The van der Waals surface area contributed by atoms with Gasteiger partial charge in [0, 0.05) is 34.9 Å². The highest BCUT2D eigenvalue weighted by molar-refractivity contribution is 5.83. The molecule has 5 rings (SSSR count). The van der Waals surface area contributed by atoms with Crippen LogP contribution in [0.4, 0.5) is 0 Å². The molecular formula is C29H29N5O3. The molecule has 37 heavy (non-hydrogen) atoms. The molecule has 0 saturated heterocycles. The zero-order chi connectivity index (χ0) is 25.6. The van der Waals surface area contributed by atoms with Crippen molar-refractivity contribution in [2.24, 2.45) is 0 Å². The Hall–Kier alpha value is -4.33. The van der Waals surface area contributed by atoms with E-state index in [1.807, 2.05) is 41.2 Å². The van der Waals surface area contributed by atoms with Crippen LogP contribution < -0.4 is 4.74 Å². The Kier molecular flexibility index (Phi) is 7.35. The SMILES string of the molecule is CCOC(=O)CC(c1ccc(OC)nc1)n1ncc2c(CCCc3ccc4cccnc4n3)cccc21. The molecule has 1 unspecified atom stereocenters. The predicted octanol–water partition coefficient (Wildman–Crippen LogP) is 5.10. The van der Waals surface area contributed by atoms with Crippen LogP contribution in [0.3, 0.4) is 0 Å². The maximum absolute atomic E-state index is 12.5. The van der Waals surface area contributed by atoms with E-state index in [1.54, 1.807) is 32.5 Å². The fourth-order valence-electron chi connectivity index (χ4n) is 4.62. The molecule has 0 amide bonds. The quantitative estimate of drug-likeness (QED) is 0.249. The van der Waals surface area contributed by atoms with Crippen LogP contribution in [-0.2, 0) is 22.4 Å². The second-order valence-corrected chi connectivity index (χ2v) is 8.80. The smallest absolute Gasteiger partial charge is 0.308 e. The van der Waals surface area contributed by atoms with E-state index in [1.165, 1.54) is 5.56 Å². The molecule has 0 spiro atoms. The molecule has 4 aromatic heterocycles. The van der Waals surface area contributed by atoms with Gasteiger partial charge in [0.15, 0.2) is 5.65 Å². The molecule has 4 heterocycles. The molecule has 5 aromatic rings. The van der Waals surface area contributed by atoms with Gasteiger partial charge in [-0.3, -0.25) is 9.48 Å². The first-order valence-electron chi connectivity index (χ1n) is 12.5. The van der Waals surface area contributed by atoms with Gasteiger partial charge in [-0.2, -0.15) is 5.10 Å². The van der Waals surface area contributed by atoms with E-state index in [0.29, 0.717) is 12.5 Å². The third-order valence-corrected chi connectivity index (χ3v) is 6.45. The number of benzene rings is 1. The number of aromatic nitrogens is 5. The largest absolute Gasteiger partial charge is 0.481 e. The number of methoxy groups -OCH3 is 1. The highest BCUT2D eigenvalue weighted by Crippen LogP contribution is 2.29. The number of aryl methyl sites for hydroxylation is 2. The number of ether oxygens (including phenoxy) is 2. The Morgan fingerprint density at radius 3 is 2.73 bits per heavy atom. The Bertz CT molecular complexity index is 1510. The number of carbonyl (C=O) groups is 1. The summed E-state index contributed by atoms with van der Waals surface area (Å²) in [6.45, 7) is 2.14. The molecule has 8 heteroatoms.